The van der Waals surface area contributed by atoms with Crippen LogP contribution in [0, 0.1) is 0 Å². The molecule has 1 aliphatic heterocycles. The van der Waals surface area contributed by atoms with E-state index in [2.05, 4.69) is 11.0 Å². The fourth-order valence-electron chi connectivity index (χ4n) is 3.43. The second-order valence-corrected chi connectivity index (χ2v) is 9.36. The molecule has 1 amide bonds. The van der Waals surface area contributed by atoms with Crippen LogP contribution in [0.4, 0.5) is 11.4 Å². The molecular weight excluding hydrogens is 374 g/mol. The number of benzene rings is 2. The molecule has 0 N–H and O–H groups in total. The standard InChI is InChI=1S/C21H27N3O3S/c1-22(2)28(26,27)18-13-11-17(12-14-18)21(25)23(3)19-9-5-6-10-20(19)24-15-7-4-8-16-24/h5-6,9-14H,4,7-8,15-16H2,1-3H3. The highest BCUT2D eigenvalue weighted by molar-refractivity contribution is 7.89. The maximum Gasteiger partial charge on any atom is 0.258 e. The van der Waals surface area contributed by atoms with Gasteiger partial charge in [-0.3, -0.25) is 4.79 Å². The largest absolute Gasteiger partial charge is 0.370 e. The van der Waals surface area contributed by atoms with Crippen LogP contribution in [0.5, 0.6) is 0 Å². The van der Waals surface area contributed by atoms with Gasteiger partial charge in [-0.05, 0) is 55.7 Å². The first-order valence-electron chi connectivity index (χ1n) is 9.47. The van der Waals surface area contributed by atoms with Gasteiger partial charge in [-0.15, -0.1) is 0 Å². The second-order valence-electron chi connectivity index (χ2n) is 7.21. The number of carbonyl (C=O) groups is 1. The lowest BCUT2D eigenvalue weighted by Gasteiger charge is -2.32. The number of sulfonamides is 1. The van der Waals surface area contributed by atoms with Gasteiger partial charge in [-0.2, -0.15) is 0 Å². The number of para-hydroxylation sites is 2. The van der Waals surface area contributed by atoms with Crippen molar-refractivity contribution in [1.82, 2.24) is 4.31 Å². The average molecular weight is 402 g/mol. The smallest absolute Gasteiger partial charge is 0.258 e. The van der Waals surface area contributed by atoms with Crippen LogP contribution in [0.3, 0.4) is 0 Å². The van der Waals surface area contributed by atoms with Gasteiger partial charge in [0.25, 0.3) is 5.91 Å². The third-order valence-electron chi connectivity index (χ3n) is 5.12. The molecule has 150 valence electrons. The quantitative estimate of drug-likeness (QED) is 0.772. The molecule has 7 heteroatoms. The van der Waals surface area contributed by atoms with Crippen molar-refractivity contribution in [2.24, 2.45) is 0 Å². The fraction of sp³-hybridized carbons (Fsp3) is 0.381. The van der Waals surface area contributed by atoms with Crippen molar-refractivity contribution in [2.45, 2.75) is 24.2 Å². The molecule has 1 aliphatic rings. The maximum atomic E-state index is 13.0. The molecule has 0 bridgehead atoms. The third-order valence-corrected chi connectivity index (χ3v) is 6.95. The topological polar surface area (TPSA) is 60.9 Å². The van der Waals surface area contributed by atoms with E-state index in [0.717, 1.165) is 41.6 Å². The molecule has 3 rings (SSSR count). The number of hydrogen-bond donors (Lipinski definition) is 0. The molecule has 28 heavy (non-hydrogen) atoms. The van der Waals surface area contributed by atoms with Crippen LogP contribution in [-0.2, 0) is 10.0 Å². The summed E-state index contributed by atoms with van der Waals surface area (Å²) >= 11 is 0. The predicted octanol–water partition coefficient (Wildman–Crippen LogP) is 3.20. The summed E-state index contributed by atoms with van der Waals surface area (Å²) in [6.45, 7) is 1.99. The first kappa shape index (κ1) is 20.4. The van der Waals surface area contributed by atoms with Crippen molar-refractivity contribution in [1.29, 1.82) is 0 Å². The van der Waals surface area contributed by atoms with Crippen molar-refractivity contribution >= 4 is 27.3 Å². The van der Waals surface area contributed by atoms with E-state index in [0.29, 0.717) is 5.56 Å². The average Bonchev–Trinajstić information content (AvgIpc) is 2.73. The number of carbonyl (C=O) groups excluding carboxylic acids is 1. The number of amides is 1. The SMILES string of the molecule is CN(C(=O)c1ccc(S(=O)(=O)N(C)C)cc1)c1ccccc1N1CCCCC1. The van der Waals surface area contributed by atoms with Crippen LogP contribution in [0.15, 0.2) is 53.4 Å². The number of rotatable bonds is 5. The molecule has 0 radical (unpaired) electrons. The molecule has 2 aromatic carbocycles. The van der Waals surface area contributed by atoms with Gasteiger partial charge in [0.1, 0.15) is 0 Å². The van der Waals surface area contributed by atoms with Crippen LogP contribution >= 0.6 is 0 Å². The molecule has 0 saturated carbocycles. The molecule has 1 heterocycles. The molecule has 2 aromatic rings. The van der Waals surface area contributed by atoms with Crippen LogP contribution in [0.1, 0.15) is 29.6 Å². The lowest BCUT2D eigenvalue weighted by Crippen LogP contribution is -2.33. The summed E-state index contributed by atoms with van der Waals surface area (Å²) < 4.78 is 25.6. The number of nitrogens with zero attached hydrogens (tertiary/aromatic N) is 3. The minimum Gasteiger partial charge on any atom is -0.370 e. The minimum atomic E-state index is -3.51. The minimum absolute atomic E-state index is 0.168. The number of piperidine rings is 1. The molecule has 6 nitrogen and oxygen atoms in total. The summed E-state index contributed by atoms with van der Waals surface area (Å²) in [5.41, 5.74) is 2.37. The Balaban J connectivity index is 1.86. The van der Waals surface area contributed by atoms with E-state index in [-0.39, 0.29) is 10.8 Å². The zero-order chi connectivity index (χ0) is 20.3. The Labute approximate surface area is 167 Å². The highest BCUT2D eigenvalue weighted by atomic mass is 32.2. The van der Waals surface area contributed by atoms with Crippen molar-refractivity contribution in [3.63, 3.8) is 0 Å². The normalized spacial score (nSPS) is 14.9. The van der Waals surface area contributed by atoms with Gasteiger partial charge < -0.3 is 9.80 Å². The Bertz CT molecular complexity index is 934. The summed E-state index contributed by atoms with van der Waals surface area (Å²) in [6.07, 6.45) is 3.57. The van der Waals surface area contributed by atoms with Crippen LogP contribution in [0.25, 0.3) is 0 Å². The lowest BCUT2D eigenvalue weighted by atomic mass is 10.1. The summed E-state index contributed by atoms with van der Waals surface area (Å²) in [5.74, 6) is -0.168. The Morgan fingerprint density at radius 2 is 1.50 bits per heavy atom. The van der Waals surface area contributed by atoms with E-state index in [9.17, 15) is 13.2 Å². The third kappa shape index (κ3) is 4.05. The fourth-order valence-corrected chi connectivity index (χ4v) is 4.34. The highest BCUT2D eigenvalue weighted by Crippen LogP contribution is 2.31. The van der Waals surface area contributed by atoms with Gasteiger partial charge in [-0.25, -0.2) is 12.7 Å². The van der Waals surface area contributed by atoms with E-state index in [4.69, 9.17) is 0 Å². The van der Waals surface area contributed by atoms with E-state index in [1.165, 1.54) is 32.6 Å². The summed E-state index contributed by atoms with van der Waals surface area (Å²) in [7, 11) is 1.22. The van der Waals surface area contributed by atoms with Crippen molar-refractivity contribution in [2.75, 3.05) is 44.0 Å². The Kier molecular flexibility index (Phi) is 6.05. The van der Waals surface area contributed by atoms with Crippen LogP contribution in [-0.4, -0.2) is 52.9 Å². The van der Waals surface area contributed by atoms with Crippen molar-refractivity contribution < 1.29 is 13.2 Å². The van der Waals surface area contributed by atoms with Gasteiger partial charge in [0.05, 0.1) is 16.3 Å². The first-order chi connectivity index (χ1) is 13.3. The van der Waals surface area contributed by atoms with Gasteiger partial charge in [0.2, 0.25) is 10.0 Å². The van der Waals surface area contributed by atoms with Crippen LogP contribution in [0.2, 0.25) is 0 Å². The molecule has 0 unspecified atom stereocenters. The van der Waals surface area contributed by atoms with E-state index in [1.54, 1.807) is 24.1 Å². The number of anilines is 2. The predicted molar refractivity (Wildman–Crippen MR) is 113 cm³/mol. The Morgan fingerprint density at radius 3 is 2.11 bits per heavy atom. The van der Waals surface area contributed by atoms with Crippen molar-refractivity contribution in [3.05, 3.63) is 54.1 Å². The number of hydrogen-bond acceptors (Lipinski definition) is 4. The van der Waals surface area contributed by atoms with E-state index in [1.807, 2.05) is 18.2 Å². The first-order valence-corrected chi connectivity index (χ1v) is 10.9. The molecule has 0 aromatic heterocycles. The van der Waals surface area contributed by atoms with Gasteiger partial charge >= 0.3 is 0 Å². The highest BCUT2D eigenvalue weighted by Gasteiger charge is 2.22. The van der Waals surface area contributed by atoms with Gasteiger partial charge in [0, 0.05) is 39.8 Å². The molecule has 0 aliphatic carbocycles. The molecule has 1 saturated heterocycles. The molecule has 0 spiro atoms. The van der Waals surface area contributed by atoms with Gasteiger partial charge in [0.15, 0.2) is 0 Å². The van der Waals surface area contributed by atoms with Gasteiger partial charge in [-0.1, -0.05) is 12.1 Å². The van der Waals surface area contributed by atoms with Crippen LogP contribution < -0.4 is 9.80 Å². The maximum absolute atomic E-state index is 13.0. The van der Waals surface area contributed by atoms with Crippen molar-refractivity contribution in [3.8, 4) is 0 Å². The molecule has 1 fully saturated rings. The second kappa shape index (κ2) is 8.32. The van der Waals surface area contributed by atoms with E-state index < -0.39 is 10.0 Å². The van der Waals surface area contributed by atoms with E-state index >= 15 is 0 Å². The molecule has 0 atom stereocenters. The Morgan fingerprint density at radius 1 is 0.893 bits per heavy atom. The summed E-state index contributed by atoms with van der Waals surface area (Å²) in [6, 6.07) is 14.0. The zero-order valence-electron chi connectivity index (χ0n) is 16.6. The summed E-state index contributed by atoms with van der Waals surface area (Å²) in [5, 5.41) is 0. The monoisotopic (exact) mass is 401 g/mol. The summed E-state index contributed by atoms with van der Waals surface area (Å²) in [4.78, 5) is 17.2. The zero-order valence-corrected chi connectivity index (χ0v) is 17.4. The lowest BCUT2D eigenvalue weighted by molar-refractivity contribution is 0.0993. The Hall–Kier alpha value is -2.38. The molecular formula is C21H27N3O3S.